The lowest BCUT2D eigenvalue weighted by Crippen LogP contribution is -1.72. The fourth-order valence-corrected chi connectivity index (χ4v) is 0.857. The van der Waals surface area contributed by atoms with E-state index in [-0.39, 0.29) is 6.10 Å². The molecule has 1 atom stereocenters. The number of hydrogen-bond acceptors (Lipinski definition) is 1. The standard InChI is InChI=1S/C10H14O/c1-7(2)5-6-9-10(11-9)8(3)4/h6,9H,1-4H3/t9-/m1/s1. The summed E-state index contributed by atoms with van der Waals surface area (Å²) in [5.41, 5.74) is 5.58. The molecule has 0 unspecified atom stereocenters. The molecule has 0 aromatic heterocycles. The summed E-state index contributed by atoms with van der Waals surface area (Å²) in [7, 11) is 0. The summed E-state index contributed by atoms with van der Waals surface area (Å²) < 4.78 is 5.28. The van der Waals surface area contributed by atoms with Gasteiger partial charge in [-0.1, -0.05) is 0 Å². The molecule has 1 heterocycles. The van der Waals surface area contributed by atoms with Gasteiger partial charge in [-0.05, 0) is 38.8 Å². The molecule has 1 nitrogen and oxygen atoms in total. The summed E-state index contributed by atoms with van der Waals surface area (Å²) in [6.45, 7) is 8.18. The van der Waals surface area contributed by atoms with Gasteiger partial charge in [-0.2, -0.15) is 0 Å². The second-order valence-corrected chi connectivity index (χ2v) is 3.21. The van der Waals surface area contributed by atoms with E-state index in [0.717, 1.165) is 5.76 Å². The maximum atomic E-state index is 5.28. The predicted molar refractivity (Wildman–Crippen MR) is 46.2 cm³/mol. The van der Waals surface area contributed by atoms with Crippen LogP contribution in [0.2, 0.25) is 0 Å². The van der Waals surface area contributed by atoms with Crippen LogP contribution in [-0.2, 0) is 4.74 Å². The van der Waals surface area contributed by atoms with Gasteiger partial charge in [-0.25, -0.2) is 0 Å². The van der Waals surface area contributed by atoms with Gasteiger partial charge in [-0.15, -0.1) is 5.73 Å². The lowest BCUT2D eigenvalue weighted by molar-refractivity contribution is 0.464. The highest BCUT2D eigenvalue weighted by Gasteiger charge is 2.30. The molecule has 11 heavy (non-hydrogen) atoms. The lowest BCUT2D eigenvalue weighted by Gasteiger charge is -1.75. The first-order valence-corrected chi connectivity index (χ1v) is 3.85. The lowest BCUT2D eigenvalue weighted by atomic mass is 10.2. The molecule has 0 bridgehead atoms. The highest BCUT2D eigenvalue weighted by Crippen LogP contribution is 2.30. The van der Waals surface area contributed by atoms with E-state index >= 15 is 0 Å². The van der Waals surface area contributed by atoms with Crippen LogP contribution in [-0.4, -0.2) is 6.10 Å². The second kappa shape index (κ2) is 2.98. The fraction of sp³-hybridized carbons (Fsp3) is 0.500. The topological polar surface area (TPSA) is 12.5 Å². The van der Waals surface area contributed by atoms with Crippen molar-refractivity contribution in [3.05, 3.63) is 28.7 Å². The molecular formula is C10H14O. The minimum Gasteiger partial charge on any atom is -0.478 e. The Balaban J connectivity index is 2.60. The Bertz CT molecular complexity index is 244. The maximum Gasteiger partial charge on any atom is 0.181 e. The third-order valence-corrected chi connectivity index (χ3v) is 1.47. The SMILES string of the molecule is CC(C)=C=C[C@H]1OC1=C(C)C. The summed E-state index contributed by atoms with van der Waals surface area (Å²) in [4.78, 5) is 0. The van der Waals surface area contributed by atoms with E-state index in [1.165, 1.54) is 11.1 Å². The Morgan fingerprint density at radius 1 is 1.36 bits per heavy atom. The molecule has 0 aromatic carbocycles. The molecular weight excluding hydrogens is 136 g/mol. The molecule has 0 spiro atoms. The van der Waals surface area contributed by atoms with E-state index < -0.39 is 0 Å². The largest absolute Gasteiger partial charge is 0.478 e. The smallest absolute Gasteiger partial charge is 0.181 e. The van der Waals surface area contributed by atoms with Gasteiger partial charge in [-0.3, -0.25) is 0 Å². The second-order valence-electron chi connectivity index (χ2n) is 3.21. The Morgan fingerprint density at radius 2 is 2.00 bits per heavy atom. The number of epoxide rings is 1. The van der Waals surface area contributed by atoms with Gasteiger partial charge >= 0.3 is 0 Å². The number of ether oxygens (including phenoxy) is 1. The van der Waals surface area contributed by atoms with Gasteiger partial charge in [0.1, 0.15) is 5.76 Å². The summed E-state index contributed by atoms with van der Waals surface area (Å²) in [5.74, 6) is 1.11. The first kappa shape index (κ1) is 8.16. The van der Waals surface area contributed by atoms with E-state index in [1.807, 2.05) is 19.9 Å². The molecule has 1 heteroatoms. The monoisotopic (exact) mass is 150 g/mol. The molecule has 1 fully saturated rings. The summed E-state index contributed by atoms with van der Waals surface area (Å²) >= 11 is 0. The van der Waals surface area contributed by atoms with Crippen molar-refractivity contribution in [2.45, 2.75) is 33.8 Å². The molecule has 0 aliphatic carbocycles. The van der Waals surface area contributed by atoms with Crippen molar-refractivity contribution in [3.63, 3.8) is 0 Å². The van der Waals surface area contributed by atoms with Crippen molar-refractivity contribution in [2.75, 3.05) is 0 Å². The third kappa shape index (κ3) is 2.28. The van der Waals surface area contributed by atoms with Crippen LogP contribution in [0.25, 0.3) is 0 Å². The Morgan fingerprint density at radius 3 is 2.36 bits per heavy atom. The number of allylic oxidation sites excluding steroid dienone is 1. The summed E-state index contributed by atoms with van der Waals surface area (Å²) in [6.07, 6.45) is 2.19. The van der Waals surface area contributed by atoms with Crippen molar-refractivity contribution >= 4 is 0 Å². The van der Waals surface area contributed by atoms with Crippen LogP contribution in [0.5, 0.6) is 0 Å². The Kier molecular flexibility index (Phi) is 2.21. The number of hydrogen-bond donors (Lipinski definition) is 0. The van der Waals surface area contributed by atoms with Crippen LogP contribution in [0.4, 0.5) is 0 Å². The average molecular weight is 150 g/mol. The van der Waals surface area contributed by atoms with Gasteiger partial charge in [0.05, 0.1) is 0 Å². The van der Waals surface area contributed by atoms with Gasteiger partial charge < -0.3 is 4.74 Å². The van der Waals surface area contributed by atoms with Gasteiger partial charge in [0.2, 0.25) is 0 Å². The van der Waals surface area contributed by atoms with Crippen molar-refractivity contribution in [3.8, 4) is 0 Å². The normalized spacial score (nSPS) is 20.0. The zero-order chi connectivity index (χ0) is 8.43. The van der Waals surface area contributed by atoms with Crippen LogP contribution in [0, 0.1) is 0 Å². The minimum absolute atomic E-state index is 0.217. The molecule has 0 amide bonds. The quantitative estimate of drug-likeness (QED) is 0.413. The molecule has 0 N–H and O–H groups in total. The Hall–Kier alpha value is -0.940. The molecule has 0 radical (unpaired) electrons. The van der Waals surface area contributed by atoms with E-state index in [2.05, 4.69) is 19.6 Å². The van der Waals surface area contributed by atoms with E-state index in [1.54, 1.807) is 0 Å². The molecule has 1 saturated heterocycles. The number of rotatable bonds is 1. The molecule has 1 aliphatic heterocycles. The predicted octanol–water partition coefficient (Wildman–Crippen LogP) is 2.80. The molecule has 1 rings (SSSR count). The highest BCUT2D eigenvalue weighted by molar-refractivity contribution is 5.26. The van der Waals surface area contributed by atoms with Crippen molar-refractivity contribution in [1.29, 1.82) is 0 Å². The van der Waals surface area contributed by atoms with Crippen LogP contribution >= 0.6 is 0 Å². The average Bonchev–Trinajstić information content (AvgIpc) is 2.61. The van der Waals surface area contributed by atoms with E-state index in [9.17, 15) is 0 Å². The molecule has 0 aromatic rings. The third-order valence-electron chi connectivity index (χ3n) is 1.47. The highest BCUT2D eigenvalue weighted by atomic mass is 16.6. The molecule has 1 aliphatic rings. The van der Waals surface area contributed by atoms with Crippen LogP contribution in [0.15, 0.2) is 28.7 Å². The summed E-state index contributed by atoms with van der Waals surface area (Å²) in [5, 5.41) is 0. The zero-order valence-electron chi connectivity index (χ0n) is 7.56. The molecule has 0 saturated carbocycles. The van der Waals surface area contributed by atoms with Gasteiger partial charge in [0, 0.05) is 6.08 Å². The Labute approximate surface area is 68.1 Å². The summed E-state index contributed by atoms with van der Waals surface area (Å²) in [6, 6.07) is 0. The minimum atomic E-state index is 0.217. The molecule has 60 valence electrons. The van der Waals surface area contributed by atoms with Crippen LogP contribution in [0.3, 0.4) is 0 Å². The van der Waals surface area contributed by atoms with Crippen LogP contribution in [0.1, 0.15) is 27.7 Å². The van der Waals surface area contributed by atoms with Gasteiger partial charge in [0.15, 0.2) is 6.10 Å². The van der Waals surface area contributed by atoms with E-state index in [4.69, 9.17) is 4.74 Å². The fourth-order valence-electron chi connectivity index (χ4n) is 0.857. The zero-order valence-corrected chi connectivity index (χ0v) is 7.56. The van der Waals surface area contributed by atoms with Crippen molar-refractivity contribution < 1.29 is 4.74 Å². The first-order valence-electron chi connectivity index (χ1n) is 3.85. The van der Waals surface area contributed by atoms with Crippen LogP contribution < -0.4 is 0 Å². The van der Waals surface area contributed by atoms with Crippen molar-refractivity contribution in [1.82, 2.24) is 0 Å². The first-order chi connectivity index (χ1) is 5.11. The maximum absolute atomic E-state index is 5.28. The van der Waals surface area contributed by atoms with Crippen molar-refractivity contribution in [2.24, 2.45) is 0 Å². The van der Waals surface area contributed by atoms with Gasteiger partial charge in [0.25, 0.3) is 0 Å². The van der Waals surface area contributed by atoms with E-state index in [0.29, 0.717) is 0 Å².